The summed E-state index contributed by atoms with van der Waals surface area (Å²) < 4.78 is 34.1. The minimum Gasteiger partial charge on any atom is -0.481 e. The Bertz CT molecular complexity index is 729. The summed E-state index contributed by atoms with van der Waals surface area (Å²) >= 11 is 5.82. The van der Waals surface area contributed by atoms with Gasteiger partial charge in [0.2, 0.25) is 5.88 Å². The van der Waals surface area contributed by atoms with Crippen LogP contribution in [0.3, 0.4) is 0 Å². The second-order valence-corrected chi connectivity index (χ2v) is 6.37. The van der Waals surface area contributed by atoms with Crippen LogP contribution in [0.25, 0.3) is 0 Å². The number of rotatable bonds is 5. The van der Waals surface area contributed by atoms with Crippen molar-refractivity contribution in [2.24, 2.45) is 0 Å². The lowest BCUT2D eigenvalue weighted by atomic mass is 10.2. The van der Waals surface area contributed by atoms with Gasteiger partial charge in [-0.05, 0) is 30.7 Å². The summed E-state index contributed by atoms with van der Waals surface area (Å²) in [7, 11) is -2.36. The van der Waals surface area contributed by atoms with E-state index in [0.29, 0.717) is 11.4 Å². The molecule has 0 atom stereocenters. The zero-order valence-electron chi connectivity index (χ0n) is 11.5. The molecule has 2 rings (SSSR count). The molecule has 1 aromatic heterocycles. The summed E-state index contributed by atoms with van der Waals surface area (Å²) in [5.41, 5.74) is 1.53. The van der Waals surface area contributed by atoms with Crippen molar-refractivity contribution in [2.45, 2.75) is 18.4 Å². The van der Waals surface area contributed by atoms with Gasteiger partial charge in [-0.15, -0.1) is 0 Å². The first-order chi connectivity index (χ1) is 9.90. The third-order valence-electron chi connectivity index (χ3n) is 2.73. The third kappa shape index (κ3) is 4.17. The Morgan fingerprint density at radius 3 is 2.48 bits per heavy atom. The number of aryl methyl sites for hydroxylation is 1. The predicted octanol–water partition coefficient (Wildman–Crippen LogP) is 2.96. The molecule has 2 aromatic rings. The van der Waals surface area contributed by atoms with Gasteiger partial charge in [0.25, 0.3) is 10.1 Å². The van der Waals surface area contributed by atoms with Crippen LogP contribution in [0.1, 0.15) is 11.1 Å². The third-order valence-corrected chi connectivity index (χ3v) is 4.20. The van der Waals surface area contributed by atoms with E-state index in [4.69, 9.17) is 20.5 Å². The van der Waals surface area contributed by atoms with Crippen molar-refractivity contribution in [3.05, 3.63) is 52.7 Å². The van der Waals surface area contributed by atoms with Gasteiger partial charge in [0.05, 0.1) is 18.6 Å². The van der Waals surface area contributed by atoms with Gasteiger partial charge in [-0.2, -0.15) is 8.42 Å². The number of benzene rings is 1. The molecule has 0 radical (unpaired) electrons. The van der Waals surface area contributed by atoms with E-state index >= 15 is 0 Å². The molecule has 0 unspecified atom stereocenters. The lowest BCUT2D eigenvalue weighted by Gasteiger charge is -2.07. The number of nitrogens with zero attached hydrogens (tertiary/aromatic N) is 1. The topological polar surface area (TPSA) is 65.5 Å². The molecule has 0 bridgehead atoms. The maximum Gasteiger partial charge on any atom is 0.297 e. The fraction of sp³-hybridized carbons (Fsp3) is 0.214. The Morgan fingerprint density at radius 2 is 1.86 bits per heavy atom. The summed E-state index contributed by atoms with van der Waals surface area (Å²) in [5.74, 6) is 0.300. The second-order valence-electron chi connectivity index (χ2n) is 4.37. The summed E-state index contributed by atoms with van der Waals surface area (Å²) in [6, 6.07) is 9.52. The largest absolute Gasteiger partial charge is 0.481 e. The fourth-order valence-electron chi connectivity index (χ4n) is 1.63. The van der Waals surface area contributed by atoms with Crippen LogP contribution in [0, 0.1) is 6.92 Å². The number of ether oxygens (including phenoxy) is 1. The van der Waals surface area contributed by atoms with Crippen LogP contribution in [0.15, 0.2) is 41.3 Å². The average molecular weight is 328 g/mol. The van der Waals surface area contributed by atoms with E-state index in [-0.39, 0.29) is 16.7 Å². The number of aromatic nitrogens is 1. The highest BCUT2D eigenvalue weighted by atomic mass is 35.5. The monoisotopic (exact) mass is 327 g/mol. The molecule has 0 aliphatic carbocycles. The highest BCUT2D eigenvalue weighted by Crippen LogP contribution is 2.19. The van der Waals surface area contributed by atoms with E-state index < -0.39 is 10.1 Å². The number of methoxy groups -OCH3 is 1. The molecular weight excluding hydrogens is 314 g/mol. The first kappa shape index (κ1) is 15.8. The summed E-state index contributed by atoms with van der Waals surface area (Å²) in [5, 5.41) is 0.209. The number of halogens is 1. The van der Waals surface area contributed by atoms with Gasteiger partial charge in [-0.25, -0.2) is 4.98 Å². The molecule has 112 valence electrons. The van der Waals surface area contributed by atoms with Crippen LogP contribution in [-0.2, 0) is 20.9 Å². The maximum absolute atomic E-state index is 12.1. The molecule has 0 fully saturated rings. The molecule has 5 nitrogen and oxygen atoms in total. The Labute approximate surface area is 128 Å². The first-order valence-electron chi connectivity index (χ1n) is 6.07. The number of hydrogen-bond donors (Lipinski definition) is 0. The summed E-state index contributed by atoms with van der Waals surface area (Å²) in [6.45, 7) is 1.73. The molecule has 0 N–H and O–H groups in total. The quantitative estimate of drug-likeness (QED) is 0.624. The SMILES string of the molecule is COc1cc(COS(=O)(=O)c2ccc(C)cc2)cc(Cl)n1. The zero-order valence-corrected chi connectivity index (χ0v) is 13.1. The molecule has 0 saturated heterocycles. The molecule has 0 saturated carbocycles. The molecule has 0 aliphatic heterocycles. The molecule has 0 spiro atoms. The molecule has 7 heteroatoms. The van der Waals surface area contributed by atoms with E-state index in [1.807, 2.05) is 6.92 Å². The van der Waals surface area contributed by atoms with Crippen LogP contribution >= 0.6 is 11.6 Å². The number of hydrogen-bond acceptors (Lipinski definition) is 5. The van der Waals surface area contributed by atoms with Gasteiger partial charge in [-0.3, -0.25) is 4.18 Å². The van der Waals surface area contributed by atoms with E-state index in [1.54, 1.807) is 18.2 Å². The van der Waals surface area contributed by atoms with Gasteiger partial charge in [0, 0.05) is 6.07 Å². The molecule has 21 heavy (non-hydrogen) atoms. The Hall–Kier alpha value is -1.63. The number of pyridine rings is 1. The fourth-order valence-corrected chi connectivity index (χ4v) is 2.75. The summed E-state index contributed by atoms with van der Waals surface area (Å²) in [6.07, 6.45) is 0. The van der Waals surface area contributed by atoms with Gasteiger partial charge >= 0.3 is 0 Å². The second kappa shape index (κ2) is 6.43. The maximum atomic E-state index is 12.1. The van der Waals surface area contributed by atoms with Crippen molar-refractivity contribution in [3.8, 4) is 5.88 Å². The van der Waals surface area contributed by atoms with Gasteiger partial charge in [-0.1, -0.05) is 29.3 Å². The zero-order chi connectivity index (χ0) is 15.5. The van der Waals surface area contributed by atoms with Gasteiger partial charge in [0.15, 0.2) is 0 Å². The van der Waals surface area contributed by atoms with Crippen molar-refractivity contribution in [1.82, 2.24) is 4.98 Å². The van der Waals surface area contributed by atoms with Crippen molar-refractivity contribution in [3.63, 3.8) is 0 Å². The van der Waals surface area contributed by atoms with E-state index in [9.17, 15) is 8.42 Å². The predicted molar refractivity (Wildman–Crippen MR) is 79.0 cm³/mol. The minimum absolute atomic E-state index is 0.111. The van der Waals surface area contributed by atoms with Crippen LogP contribution in [0.4, 0.5) is 0 Å². The molecule has 0 aliphatic rings. The molecule has 0 amide bonds. The highest BCUT2D eigenvalue weighted by Gasteiger charge is 2.15. The van der Waals surface area contributed by atoms with Crippen molar-refractivity contribution in [2.75, 3.05) is 7.11 Å². The van der Waals surface area contributed by atoms with Crippen molar-refractivity contribution in [1.29, 1.82) is 0 Å². The molecular formula is C14H14ClNO4S. The van der Waals surface area contributed by atoms with Crippen molar-refractivity contribution < 1.29 is 17.3 Å². The normalized spacial score (nSPS) is 11.4. The van der Waals surface area contributed by atoms with Crippen LogP contribution in [0.5, 0.6) is 5.88 Å². The van der Waals surface area contributed by atoms with E-state index in [1.165, 1.54) is 25.3 Å². The Morgan fingerprint density at radius 1 is 1.19 bits per heavy atom. The Kier molecular flexibility index (Phi) is 4.82. The molecule has 1 aromatic carbocycles. The summed E-state index contributed by atoms with van der Waals surface area (Å²) in [4.78, 5) is 4.01. The van der Waals surface area contributed by atoms with Crippen LogP contribution < -0.4 is 4.74 Å². The smallest absolute Gasteiger partial charge is 0.297 e. The lowest BCUT2D eigenvalue weighted by molar-refractivity contribution is 0.306. The molecule has 1 heterocycles. The van der Waals surface area contributed by atoms with E-state index in [0.717, 1.165) is 5.56 Å². The lowest BCUT2D eigenvalue weighted by Crippen LogP contribution is -2.07. The van der Waals surface area contributed by atoms with Crippen LogP contribution in [-0.4, -0.2) is 20.5 Å². The average Bonchev–Trinajstić information content (AvgIpc) is 2.45. The highest BCUT2D eigenvalue weighted by molar-refractivity contribution is 7.86. The van der Waals surface area contributed by atoms with Gasteiger partial charge < -0.3 is 4.74 Å². The van der Waals surface area contributed by atoms with Crippen LogP contribution in [0.2, 0.25) is 5.15 Å². The van der Waals surface area contributed by atoms with E-state index in [2.05, 4.69) is 4.98 Å². The Balaban J connectivity index is 2.15. The van der Waals surface area contributed by atoms with Crippen molar-refractivity contribution >= 4 is 21.7 Å². The van der Waals surface area contributed by atoms with Gasteiger partial charge in [0.1, 0.15) is 5.15 Å². The first-order valence-corrected chi connectivity index (χ1v) is 7.86. The standard InChI is InChI=1S/C14H14ClNO4S/c1-10-3-5-12(6-4-10)21(17,18)20-9-11-7-13(15)16-14(8-11)19-2/h3-8H,9H2,1-2H3. The minimum atomic E-state index is -3.81.